The molecule has 0 unspecified atom stereocenters. The number of hydrogen-bond acceptors (Lipinski definition) is 4. The van der Waals surface area contributed by atoms with Crippen molar-refractivity contribution >= 4 is 11.4 Å². The van der Waals surface area contributed by atoms with Crippen LogP contribution < -0.4 is 10.1 Å². The van der Waals surface area contributed by atoms with Gasteiger partial charge in [-0.05, 0) is 36.2 Å². The fourth-order valence-corrected chi connectivity index (χ4v) is 2.13. The molecule has 0 saturated heterocycles. The van der Waals surface area contributed by atoms with E-state index >= 15 is 0 Å². The lowest BCUT2D eigenvalue weighted by Crippen LogP contribution is -1.99. The van der Waals surface area contributed by atoms with Crippen LogP contribution in [-0.2, 0) is 6.42 Å². The number of ether oxygens (including phenoxy) is 1. The number of nitro groups is 1. The predicted octanol–water partition coefficient (Wildman–Crippen LogP) is 4.38. The van der Waals surface area contributed by atoms with Crippen LogP contribution in [0.5, 0.6) is 11.5 Å². The Morgan fingerprint density at radius 2 is 1.90 bits per heavy atom. The van der Waals surface area contributed by atoms with Crippen LogP contribution in [0, 0.1) is 10.1 Å². The van der Waals surface area contributed by atoms with Crippen molar-refractivity contribution in [1.82, 2.24) is 0 Å². The van der Waals surface area contributed by atoms with Crippen molar-refractivity contribution in [2.24, 2.45) is 0 Å². The third-order valence-corrected chi connectivity index (χ3v) is 3.14. The van der Waals surface area contributed by atoms with E-state index in [1.54, 1.807) is 25.2 Å². The Hall–Kier alpha value is -2.56. The SMILES string of the molecule is CCCc1ccc(Oc2cccc(NC)c2[N+](=O)[O-])cc1. The fourth-order valence-electron chi connectivity index (χ4n) is 2.13. The summed E-state index contributed by atoms with van der Waals surface area (Å²) in [7, 11) is 1.64. The van der Waals surface area contributed by atoms with Gasteiger partial charge >= 0.3 is 5.69 Å². The van der Waals surface area contributed by atoms with Crippen LogP contribution in [-0.4, -0.2) is 12.0 Å². The van der Waals surface area contributed by atoms with Crippen molar-refractivity contribution in [3.63, 3.8) is 0 Å². The molecule has 2 rings (SSSR count). The maximum absolute atomic E-state index is 11.2. The molecule has 110 valence electrons. The zero-order valence-corrected chi connectivity index (χ0v) is 12.1. The zero-order valence-electron chi connectivity index (χ0n) is 12.1. The molecule has 2 aromatic rings. The van der Waals surface area contributed by atoms with Gasteiger partial charge in [-0.3, -0.25) is 10.1 Å². The van der Waals surface area contributed by atoms with Crippen molar-refractivity contribution in [1.29, 1.82) is 0 Å². The first kappa shape index (κ1) is 14.8. The molecule has 0 amide bonds. The lowest BCUT2D eigenvalue weighted by Gasteiger charge is -2.09. The summed E-state index contributed by atoms with van der Waals surface area (Å²) in [5.41, 5.74) is 1.60. The van der Waals surface area contributed by atoms with Crippen LogP contribution >= 0.6 is 0 Å². The summed E-state index contributed by atoms with van der Waals surface area (Å²) in [6.45, 7) is 2.12. The highest BCUT2D eigenvalue weighted by atomic mass is 16.6. The van der Waals surface area contributed by atoms with Crippen LogP contribution in [0.1, 0.15) is 18.9 Å². The highest BCUT2D eigenvalue weighted by Crippen LogP contribution is 2.37. The molecule has 5 heteroatoms. The minimum Gasteiger partial charge on any atom is -0.450 e. The summed E-state index contributed by atoms with van der Waals surface area (Å²) in [4.78, 5) is 10.8. The average molecular weight is 286 g/mol. The minimum atomic E-state index is -0.438. The third kappa shape index (κ3) is 3.51. The highest BCUT2D eigenvalue weighted by Gasteiger charge is 2.20. The molecule has 0 atom stereocenters. The van der Waals surface area contributed by atoms with Crippen LogP contribution in [0.2, 0.25) is 0 Å². The van der Waals surface area contributed by atoms with E-state index in [2.05, 4.69) is 12.2 Å². The average Bonchev–Trinajstić information content (AvgIpc) is 2.49. The van der Waals surface area contributed by atoms with Gasteiger partial charge in [-0.15, -0.1) is 0 Å². The van der Waals surface area contributed by atoms with Crippen LogP contribution in [0.4, 0.5) is 11.4 Å². The first-order chi connectivity index (χ1) is 10.2. The standard InChI is InChI=1S/C16H18N2O3/c1-3-5-12-8-10-13(11-9-12)21-15-7-4-6-14(17-2)16(15)18(19)20/h4,6-11,17H,3,5H2,1-2H3. The Morgan fingerprint density at radius 1 is 1.19 bits per heavy atom. The third-order valence-electron chi connectivity index (χ3n) is 3.14. The van der Waals surface area contributed by atoms with Crippen molar-refractivity contribution in [2.45, 2.75) is 19.8 Å². The van der Waals surface area contributed by atoms with Gasteiger partial charge in [-0.25, -0.2) is 0 Å². The lowest BCUT2D eigenvalue weighted by atomic mass is 10.1. The number of aryl methyl sites for hydroxylation is 1. The van der Waals surface area contributed by atoms with Crippen LogP contribution in [0.15, 0.2) is 42.5 Å². The number of nitrogens with zero attached hydrogens (tertiary/aromatic N) is 1. The second-order valence-corrected chi connectivity index (χ2v) is 4.66. The van der Waals surface area contributed by atoms with Crippen molar-refractivity contribution in [3.8, 4) is 11.5 Å². The minimum absolute atomic E-state index is 0.0577. The summed E-state index contributed by atoms with van der Waals surface area (Å²) in [5.74, 6) is 0.821. The molecular formula is C16H18N2O3. The number of nitrogens with one attached hydrogen (secondary N) is 1. The molecule has 2 aromatic carbocycles. The molecule has 0 aliphatic rings. The Bertz CT molecular complexity index is 624. The van der Waals surface area contributed by atoms with Gasteiger partial charge in [0.25, 0.3) is 0 Å². The number of hydrogen-bond donors (Lipinski definition) is 1. The number of nitro benzene ring substituents is 1. The Kier molecular flexibility index (Phi) is 4.77. The maximum Gasteiger partial charge on any atom is 0.334 e. The number of benzene rings is 2. The van der Waals surface area contributed by atoms with E-state index in [1.807, 2.05) is 24.3 Å². The molecule has 0 bridgehead atoms. The van der Waals surface area contributed by atoms with Crippen molar-refractivity contribution < 1.29 is 9.66 Å². The van der Waals surface area contributed by atoms with E-state index in [9.17, 15) is 10.1 Å². The number of para-hydroxylation sites is 1. The molecule has 0 fully saturated rings. The molecule has 0 aliphatic carbocycles. The van der Waals surface area contributed by atoms with Gasteiger partial charge in [-0.1, -0.05) is 31.5 Å². The van der Waals surface area contributed by atoms with Gasteiger partial charge < -0.3 is 10.1 Å². The molecule has 0 aliphatic heterocycles. The topological polar surface area (TPSA) is 64.4 Å². The van der Waals surface area contributed by atoms with Gasteiger partial charge in [0.15, 0.2) is 0 Å². The smallest absolute Gasteiger partial charge is 0.334 e. The summed E-state index contributed by atoms with van der Waals surface area (Å²) in [5, 5.41) is 14.0. The van der Waals surface area contributed by atoms with E-state index in [1.165, 1.54) is 5.56 Å². The second-order valence-electron chi connectivity index (χ2n) is 4.66. The van der Waals surface area contributed by atoms with Crippen molar-refractivity contribution in [3.05, 3.63) is 58.1 Å². The number of rotatable bonds is 6. The Morgan fingerprint density at radius 3 is 2.48 bits per heavy atom. The fraction of sp³-hybridized carbons (Fsp3) is 0.250. The van der Waals surface area contributed by atoms with Gasteiger partial charge in [0.2, 0.25) is 5.75 Å². The maximum atomic E-state index is 11.2. The Labute approximate surface area is 123 Å². The molecular weight excluding hydrogens is 268 g/mol. The van der Waals surface area contributed by atoms with Gasteiger partial charge in [0, 0.05) is 7.05 Å². The summed E-state index contributed by atoms with van der Waals surface area (Å²) >= 11 is 0. The lowest BCUT2D eigenvalue weighted by molar-refractivity contribution is -0.384. The molecule has 0 heterocycles. The number of anilines is 1. The largest absolute Gasteiger partial charge is 0.450 e. The molecule has 0 saturated carbocycles. The summed E-state index contributed by atoms with van der Waals surface area (Å²) in [6.07, 6.45) is 2.09. The van der Waals surface area contributed by atoms with E-state index < -0.39 is 4.92 Å². The molecule has 21 heavy (non-hydrogen) atoms. The Balaban J connectivity index is 2.28. The molecule has 1 N–H and O–H groups in total. The monoisotopic (exact) mass is 286 g/mol. The molecule has 0 radical (unpaired) electrons. The van der Waals surface area contributed by atoms with E-state index in [0.29, 0.717) is 11.4 Å². The zero-order chi connectivity index (χ0) is 15.2. The second kappa shape index (κ2) is 6.74. The van der Waals surface area contributed by atoms with Crippen LogP contribution in [0.25, 0.3) is 0 Å². The normalized spacial score (nSPS) is 10.2. The van der Waals surface area contributed by atoms with Crippen molar-refractivity contribution in [2.75, 3.05) is 12.4 Å². The van der Waals surface area contributed by atoms with Gasteiger partial charge in [0.1, 0.15) is 11.4 Å². The molecule has 5 nitrogen and oxygen atoms in total. The molecule has 0 aromatic heterocycles. The van der Waals surface area contributed by atoms with Gasteiger partial charge in [-0.2, -0.15) is 0 Å². The first-order valence-electron chi connectivity index (χ1n) is 6.87. The first-order valence-corrected chi connectivity index (χ1v) is 6.87. The van der Waals surface area contributed by atoms with E-state index in [0.717, 1.165) is 12.8 Å². The summed E-state index contributed by atoms with van der Waals surface area (Å²) < 4.78 is 5.66. The van der Waals surface area contributed by atoms with E-state index in [-0.39, 0.29) is 11.4 Å². The quantitative estimate of drug-likeness (QED) is 0.632. The predicted molar refractivity (Wildman–Crippen MR) is 83.2 cm³/mol. The van der Waals surface area contributed by atoms with Crippen LogP contribution in [0.3, 0.4) is 0 Å². The summed E-state index contributed by atoms with van der Waals surface area (Å²) in [6, 6.07) is 12.6. The molecule has 0 spiro atoms. The van der Waals surface area contributed by atoms with Gasteiger partial charge in [0.05, 0.1) is 4.92 Å². The van der Waals surface area contributed by atoms with E-state index in [4.69, 9.17) is 4.74 Å². The highest BCUT2D eigenvalue weighted by molar-refractivity contribution is 5.68.